The van der Waals surface area contributed by atoms with Gasteiger partial charge in [0.05, 0.1) is 22.4 Å². The summed E-state index contributed by atoms with van der Waals surface area (Å²) < 4.78 is 2.93. The number of halogens is 1. The van der Waals surface area contributed by atoms with E-state index in [1.165, 1.54) is 11.3 Å². The van der Waals surface area contributed by atoms with Crippen molar-refractivity contribution in [2.45, 2.75) is 20.4 Å². The molecule has 80 valence electrons. The summed E-state index contributed by atoms with van der Waals surface area (Å²) in [5.74, 6) is 0. The van der Waals surface area contributed by atoms with Crippen molar-refractivity contribution in [2.75, 3.05) is 5.73 Å². The number of nitrogens with two attached hydrogens (primary N) is 1. The molecule has 0 amide bonds. The fraction of sp³-hybridized carbons (Fsp3) is 0.375. The largest absolute Gasteiger partial charge is 0.374 e. The van der Waals surface area contributed by atoms with Crippen LogP contribution < -0.4 is 5.73 Å². The van der Waals surface area contributed by atoms with Gasteiger partial charge < -0.3 is 5.73 Å². The summed E-state index contributed by atoms with van der Waals surface area (Å²) in [6.07, 6.45) is 0. The zero-order chi connectivity index (χ0) is 11.0. The van der Waals surface area contributed by atoms with Gasteiger partial charge in [0.1, 0.15) is 5.01 Å². The van der Waals surface area contributed by atoms with E-state index in [2.05, 4.69) is 31.2 Å². The van der Waals surface area contributed by atoms with Crippen LogP contribution in [0.15, 0.2) is 4.47 Å². The molecule has 2 rings (SSSR count). The maximum absolute atomic E-state index is 5.51. The van der Waals surface area contributed by atoms with E-state index in [1.54, 1.807) is 0 Å². The average molecular weight is 288 g/mol. The molecule has 2 heterocycles. The molecule has 0 aromatic carbocycles. The number of hydrogen-bond acceptors (Lipinski definition) is 5. The van der Waals surface area contributed by atoms with Crippen LogP contribution in [0.5, 0.6) is 0 Å². The van der Waals surface area contributed by atoms with Gasteiger partial charge in [-0.05, 0) is 29.8 Å². The molecule has 0 aliphatic heterocycles. The number of hydrogen-bond donors (Lipinski definition) is 1. The Bertz CT molecular complexity index is 489. The summed E-state index contributed by atoms with van der Waals surface area (Å²) in [5, 5.41) is 13.5. The van der Waals surface area contributed by atoms with Crippen LogP contribution in [-0.2, 0) is 6.54 Å². The van der Waals surface area contributed by atoms with Crippen molar-refractivity contribution in [3.63, 3.8) is 0 Å². The first-order chi connectivity index (χ1) is 7.08. The smallest absolute Gasteiger partial charge is 0.203 e. The third-order valence-electron chi connectivity index (χ3n) is 2.06. The lowest BCUT2D eigenvalue weighted by Gasteiger charge is -1.99. The van der Waals surface area contributed by atoms with Crippen molar-refractivity contribution in [1.29, 1.82) is 0 Å². The fourth-order valence-electron chi connectivity index (χ4n) is 1.29. The van der Waals surface area contributed by atoms with Crippen molar-refractivity contribution >= 4 is 32.4 Å². The fourth-order valence-corrected chi connectivity index (χ4v) is 2.16. The molecular formula is C8H10BrN5S. The average Bonchev–Trinajstić information content (AvgIpc) is 2.68. The summed E-state index contributed by atoms with van der Waals surface area (Å²) in [4.78, 5) is 0. The van der Waals surface area contributed by atoms with E-state index in [0.29, 0.717) is 11.7 Å². The Kier molecular flexibility index (Phi) is 2.74. The number of rotatable bonds is 2. The van der Waals surface area contributed by atoms with Gasteiger partial charge in [0.25, 0.3) is 0 Å². The minimum absolute atomic E-state index is 0.491. The Balaban J connectivity index is 2.28. The second-order valence-corrected chi connectivity index (χ2v) is 5.06. The van der Waals surface area contributed by atoms with E-state index < -0.39 is 0 Å². The topological polar surface area (TPSA) is 69.6 Å². The predicted octanol–water partition coefficient (Wildman–Crippen LogP) is 1.74. The quantitative estimate of drug-likeness (QED) is 0.914. The lowest BCUT2D eigenvalue weighted by Crippen LogP contribution is -2.03. The van der Waals surface area contributed by atoms with Crippen LogP contribution in [0, 0.1) is 13.8 Å². The predicted molar refractivity (Wildman–Crippen MR) is 62.8 cm³/mol. The number of nitrogen functional groups attached to an aromatic ring is 1. The lowest BCUT2D eigenvalue weighted by atomic mass is 10.4. The van der Waals surface area contributed by atoms with Gasteiger partial charge in [0, 0.05) is 0 Å². The van der Waals surface area contributed by atoms with Crippen LogP contribution in [0.3, 0.4) is 0 Å². The third-order valence-corrected chi connectivity index (χ3v) is 3.95. The molecule has 2 aromatic heterocycles. The minimum atomic E-state index is 0.491. The Morgan fingerprint density at radius 3 is 2.60 bits per heavy atom. The normalized spacial score (nSPS) is 10.9. The summed E-state index contributed by atoms with van der Waals surface area (Å²) in [7, 11) is 0. The molecule has 0 unspecified atom stereocenters. The summed E-state index contributed by atoms with van der Waals surface area (Å²) in [6.45, 7) is 4.59. The molecule has 2 N–H and O–H groups in total. The summed E-state index contributed by atoms with van der Waals surface area (Å²) >= 11 is 4.86. The highest BCUT2D eigenvalue weighted by Crippen LogP contribution is 2.21. The van der Waals surface area contributed by atoms with E-state index in [-0.39, 0.29) is 0 Å². The molecule has 0 aliphatic rings. The molecule has 0 spiro atoms. The molecule has 0 saturated carbocycles. The van der Waals surface area contributed by atoms with E-state index in [4.69, 9.17) is 5.73 Å². The monoisotopic (exact) mass is 287 g/mol. The van der Waals surface area contributed by atoms with Gasteiger partial charge in [-0.25, -0.2) is 0 Å². The van der Waals surface area contributed by atoms with Gasteiger partial charge in [0.2, 0.25) is 5.13 Å². The second kappa shape index (κ2) is 3.90. The Labute approximate surface area is 99.4 Å². The molecule has 0 saturated heterocycles. The Hall–Kier alpha value is -0.950. The molecule has 7 heteroatoms. The van der Waals surface area contributed by atoms with Gasteiger partial charge in [0.15, 0.2) is 0 Å². The van der Waals surface area contributed by atoms with Crippen LogP contribution >= 0.6 is 27.3 Å². The minimum Gasteiger partial charge on any atom is -0.374 e. The van der Waals surface area contributed by atoms with E-state index >= 15 is 0 Å². The third kappa shape index (κ3) is 2.03. The van der Waals surface area contributed by atoms with E-state index in [1.807, 2.05) is 18.5 Å². The van der Waals surface area contributed by atoms with Crippen LogP contribution in [0.25, 0.3) is 0 Å². The van der Waals surface area contributed by atoms with Gasteiger partial charge in [-0.15, -0.1) is 10.2 Å². The Morgan fingerprint density at radius 1 is 1.40 bits per heavy atom. The molecule has 0 fully saturated rings. The first-order valence-electron chi connectivity index (χ1n) is 4.35. The SMILES string of the molecule is Cc1nn(Cc2nnc(N)s2)c(C)c1Br. The molecule has 0 radical (unpaired) electrons. The molecule has 0 bridgehead atoms. The van der Waals surface area contributed by atoms with Gasteiger partial charge in [-0.3, -0.25) is 4.68 Å². The number of aryl methyl sites for hydroxylation is 1. The van der Waals surface area contributed by atoms with Crippen LogP contribution in [0.4, 0.5) is 5.13 Å². The number of nitrogens with zero attached hydrogens (tertiary/aromatic N) is 4. The van der Waals surface area contributed by atoms with Crippen molar-refractivity contribution in [3.8, 4) is 0 Å². The summed E-state index contributed by atoms with van der Waals surface area (Å²) in [6, 6.07) is 0. The molecule has 0 aliphatic carbocycles. The maximum atomic E-state index is 5.51. The maximum Gasteiger partial charge on any atom is 0.203 e. The molecule has 0 atom stereocenters. The van der Waals surface area contributed by atoms with Crippen LogP contribution in [-0.4, -0.2) is 20.0 Å². The summed E-state index contributed by atoms with van der Waals surface area (Å²) in [5.41, 5.74) is 7.57. The zero-order valence-corrected chi connectivity index (χ0v) is 10.8. The zero-order valence-electron chi connectivity index (χ0n) is 8.36. The Morgan fingerprint density at radius 2 is 2.13 bits per heavy atom. The van der Waals surface area contributed by atoms with E-state index in [9.17, 15) is 0 Å². The van der Waals surface area contributed by atoms with Gasteiger partial charge in [-0.1, -0.05) is 11.3 Å². The van der Waals surface area contributed by atoms with Crippen molar-refractivity contribution < 1.29 is 0 Å². The van der Waals surface area contributed by atoms with Crippen LogP contribution in [0.1, 0.15) is 16.4 Å². The van der Waals surface area contributed by atoms with E-state index in [0.717, 1.165) is 20.9 Å². The highest BCUT2D eigenvalue weighted by atomic mass is 79.9. The molecule has 15 heavy (non-hydrogen) atoms. The van der Waals surface area contributed by atoms with Crippen molar-refractivity contribution in [1.82, 2.24) is 20.0 Å². The highest BCUT2D eigenvalue weighted by molar-refractivity contribution is 9.10. The number of aromatic nitrogens is 4. The second-order valence-electron chi connectivity index (χ2n) is 3.18. The van der Waals surface area contributed by atoms with Crippen molar-refractivity contribution in [3.05, 3.63) is 20.9 Å². The molecular weight excluding hydrogens is 278 g/mol. The molecule has 2 aromatic rings. The molecule has 5 nitrogen and oxygen atoms in total. The van der Waals surface area contributed by atoms with Crippen LogP contribution in [0.2, 0.25) is 0 Å². The van der Waals surface area contributed by atoms with Gasteiger partial charge in [-0.2, -0.15) is 5.10 Å². The van der Waals surface area contributed by atoms with Crippen molar-refractivity contribution in [2.24, 2.45) is 0 Å². The number of anilines is 1. The first kappa shape index (κ1) is 10.6. The highest BCUT2D eigenvalue weighted by Gasteiger charge is 2.10. The first-order valence-corrected chi connectivity index (χ1v) is 5.96. The lowest BCUT2D eigenvalue weighted by molar-refractivity contribution is 0.651. The standard InChI is InChI=1S/C8H10BrN5S/c1-4-7(9)5(2)14(13-4)3-6-11-12-8(10)15-6/h3H2,1-2H3,(H2,10,12). The van der Waals surface area contributed by atoms with Gasteiger partial charge >= 0.3 is 0 Å².